The predicted molar refractivity (Wildman–Crippen MR) is 105 cm³/mol. The minimum atomic E-state index is -0.680. The summed E-state index contributed by atoms with van der Waals surface area (Å²) in [6.07, 6.45) is 6.98. The van der Waals surface area contributed by atoms with E-state index in [0.29, 0.717) is 6.61 Å². The Morgan fingerprint density at radius 2 is 1.63 bits per heavy atom. The van der Waals surface area contributed by atoms with Crippen molar-refractivity contribution in [2.45, 2.75) is 50.5 Å². The van der Waals surface area contributed by atoms with Gasteiger partial charge in [-0.15, -0.1) is 0 Å². The number of fused-ring (bicyclic) bond motifs is 1. The quantitative estimate of drug-likeness (QED) is 0.823. The third kappa shape index (κ3) is 3.64. The van der Waals surface area contributed by atoms with Gasteiger partial charge in [0.15, 0.2) is 0 Å². The summed E-state index contributed by atoms with van der Waals surface area (Å²) < 4.78 is 5.82. The normalized spacial score (nSPS) is 19.8. The van der Waals surface area contributed by atoms with E-state index in [1.54, 1.807) is 0 Å². The van der Waals surface area contributed by atoms with Gasteiger partial charge in [-0.3, -0.25) is 9.69 Å². The number of carbonyl (C=O) groups excluding carboxylic acids is 2. The molecule has 27 heavy (non-hydrogen) atoms. The summed E-state index contributed by atoms with van der Waals surface area (Å²) in [6, 6.07) is 13.7. The highest BCUT2D eigenvalue weighted by molar-refractivity contribution is 6.07. The molecule has 2 aromatic rings. The summed E-state index contributed by atoms with van der Waals surface area (Å²) in [4.78, 5) is 26.7. The smallest absolute Gasteiger partial charge is 0.325 e. The predicted octanol–water partition coefficient (Wildman–Crippen LogP) is 4.25. The maximum atomic E-state index is 13.0. The number of hydrogen-bond donors (Lipinski definition) is 1. The minimum absolute atomic E-state index is 0.0727. The van der Waals surface area contributed by atoms with Crippen LogP contribution in [0.1, 0.15) is 44.9 Å². The average Bonchev–Trinajstić information content (AvgIpc) is 2.89. The number of urea groups is 1. The van der Waals surface area contributed by atoms with E-state index in [-0.39, 0.29) is 18.5 Å². The Morgan fingerprint density at radius 1 is 0.926 bits per heavy atom. The lowest BCUT2D eigenvalue weighted by Gasteiger charge is -2.28. The van der Waals surface area contributed by atoms with Crippen molar-refractivity contribution in [1.29, 1.82) is 0 Å². The van der Waals surface area contributed by atoms with Crippen molar-refractivity contribution in [3.63, 3.8) is 0 Å². The molecule has 0 atom stereocenters. The minimum Gasteiger partial charge on any atom is -0.492 e. The van der Waals surface area contributed by atoms with Gasteiger partial charge in [-0.2, -0.15) is 0 Å². The van der Waals surface area contributed by atoms with Gasteiger partial charge in [0.2, 0.25) is 0 Å². The van der Waals surface area contributed by atoms with Crippen LogP contribution in [-0.4, -0.2) is 35.5 Å². The van der Waals surface area contributed by atoms with Gasteiger partial charge in [-0.25, -0.2) is 4.79 Å². The number of ether oxygens (including phenoxy) is 1. The van der Waals surface area contributed by atoms with E-state index in [1.165, 1.54) is 11.3 Å². The molecule has 1 spiro atoms. The van der Waals surface area contributed by atoms with Gasteiger partial charge in [-0.05, 0) is 35.7 Å². The third-order valence-corrected chi connectivity index (χ3v) is 5.76. The fourth-order valence-electron chi connectivity index (χ4n) is 4.24. The van der Waals surface area contributed by atoms with Crippen LogP contribution in [0, 0.1) is 0 Å². The number of benzene rings is 2. The fourth-order valence-corrected chi connectivity index (χ4v) is 4.24. The molecular weight excluding hydrogens is 340 g/mol. The lowest BCUT2D eigenvalue weighted by atomic mass is 9.84. The van der Waals surface area contributed by atoms with Crippen LogP contribution in [0.5, 0.6) is 5.75 Å². The maximum absolute atomic E-state index is 13.0. The highest BCUT2D eigenvalue weighted by Gasteiger charge is 2.50. The lowest BCUT2D eigenvalue weighted by Crippen LogP contribution is -2.47. The molecule has 3 amide bonds. The molecule has 1 saturated carbocycles. The van der Waals surface area contributed by atoms with Crippen LogP contribution < -0.4 is 10.1 Å². The molecule has 5 nitrogen and oxygen atoms in total. The molecule has 4 rings (SSSR count). The summed E-state index contributed by atoms with van der Waals surface area (Å²) in [5, 5.41) is 5.26. The molecule has 5 heteroatoms. The van der Waals surface area contributed by atoms with Crippen LogP contribution >= 0.6 is 0 Å². The average molecular weight is 366 g/mol. The molecular formula is C22H26N2O3. The van der Waals surface area contributed by atoms with Crippen molar-refractivity contribution in [3.05, 3.63) is 42.5 Å². The number of amides is 3. The van der Waals surface area contributed by atoms with Gasteiger partial charge in [0.1, 0.15) is 17.9 Å². The number of carbonyl (C=O) groups is 2. The van der Waals surface area contributed by atoms with E-state index < -0.39 is 5.54 Å². The Bertz CT molecular complexity index is 840. The monoisotopic (exact) mass is 366 g/mol. The topological polar surface area (TPSA) is 58.6 Å². The van der Waals surface area contributed by atoms with Gasteiger partial charge >= 0.3 is 6.03 Å². The van der Waals surface area contributed by atoms with Crippen molar-refractivity contribution in [2.75, 3.05) is 13.2 Å². The number of rotatable bonds is 4. The zero-order valence-corrected chi connectivity index (χ0v) is 15.6. The first kappa shape index (κ1) is 17.8. The van der Waals surface area contributed by atoms with Crippen molar-refractivity contribution < 1.29 is 14.3 Å². The number of nitrogens with one attached hydrogen (secondary N) is 1. The molecule has 0 aromatic heterocycles. The summed E-state index contributed by atoms with van der Waals surface area (Å²) in [7, 11) is 0. The van der Waals surface area contributed by atoms with E-state index >= 15 is 0 Å². The zero-order valence-electron chi connectivity index (χ0n) is 15.6. The largest absolute Gasteiger partial charge is 0.492 e. The molecule has 0 radical (unpaired) electrons. The lowest BCUT2D eigenvalue weighted by molar-refractivity contribution is -0.132. The molecule has 1 saturated heterocycles. The first-order chi connectivity index (χ1) is 13.2. The Kier molecular flexibility index (Phi) is 5.01. The van der Waals surface area contributed by atoms with Gasteiger partial charge in [0.05, 0.1) is 6.54 Å². The number of hydrogen-bond acceptors (Lipinski definition) is 3. The van der Waals surface area contributed by atoms with E-state index in [0.717, 1.165) is 55.0 Å². The molecule has 0 bridgehead atoms. The van der Waals surface area contributed by atoms with Gasteiger partial charge in [0, 0.05) is 0 Å². The Balaban J connectivity index is 1.38. The maximum Gasteiger partial charge on any atom is 0.325 e. The molecule has 2 fully saturated rings. The highest BCUT2D eigenvalue weighted by Crippen LogP contribution is 2.32. The molecule has 1 heterocycles. The van der Waals surface area contributed by atoms with Crippen molar-refractivity contribution in [1.82, 2.24) is 10.2 Å². The molecule has 1 aliphatic heterocycles. The Labute approximate surface area is 159 Å². The molecule has 1 N–H and O–H groups in total. The van der Waals surface area contributed by atoms with Gasteiger partial charge in [-0.1, -0.05) is 62.4 Å². The standard InChI is InChI=1S/C22H26N2O3/c25-20-22(12-6-2-1-3-7-13-22)23-21(26)24(20)14-15-27-19-11-10-17-8-4-5-9-18(17)16-19/h4-5,8-11,16H,1-3,6-7,12-15H2,(H,23,26). The molecule has 2 aliphatic rings. The van der Waals surface area contributed by atoms with Crippen LogP contribution in [-0.2, 0) is 4.79 Å². The van der Waals surface area contributed by atoms with Crippen molar-refractivity contribution >= 4 is 22.7 Å². The second kappa shape index (κ2) is 7.59. The second-order valence-corrected chi connectivity index (χ2v) is 7.59. The summed E-state index contributed by atoms with van der Waals surface area (Å²) in [6.45, 7) is 0.576. The van der Waals surface area contributed by atoms with Gasteiger partial charge < -0.3 is 10.1 Å². The first-order valence-electron chi connectivity index (χ1n) is 9.94. The van der Waals surface area contributed by atoms with Gasteiger partial charge in [0.25, 0.3) is 5.91 Å². The van der Waals surface area contributed by atoms with E-state index in [2.05, 4.69) is 11.4 Å². The van der Waals surface area contributed by atoms with E-state index in [4.69, 9.17) is 4.74 Å². The van der Waals surface area contributed by atoms with Crippen molar-refractivity contribution in [3.8, 4) is 5.75 Å². The molecule has 142 valence electrons. The number of nitrogens with zero attached hydrogens (tertiary/aromatic N) is 1. The van der Waals surface area contributed by atoms with Crippen LogP contribution in [0.25, 0.3) is 10.8 Å². The fraction of sp³-hybridized carbons (Fsp3) is 0.455. The van der Waals surface area contributed by atoms with E-state index in [9.17, 15) is 9.59 Å². The third-order valence-electron chi connectivity index (χ3n) is 5.76. The Morgan fingerprint density at radius 3 is 2.41 bits per heavy atom. The van der Waals surface area contributed by atoms with E-state index in [1.807, 2.05) is 36.4 Å². The van der Waals surface area contributed by atoms with Crippen LogP contribution in [0.2, 0.25) is 0 Å². The first-order valence-corrected chi connectivity index (χ1v) is 9.94. The molecule has 1 aliphatic carbocycles. The summed E-state index contributed by atoms with van der Waals surface area (Å²) >= 11 is 0. The molecule has 0 unspecified atom stereocenters. The van der Waals surface area contributed by atoms with Crippen LogP contribution in [0.4, 0.5) is 4.79 Å². The van der Waals surface area contributed by atoms with Crippen LogP contribution in [0.3, 0.4) is 0 Å². The number of imide groups is 1. The molecule has 2 aromatic carbocycles. The van der Waals surface area contributed by atoms with Crippen LogP contribution in [0.15, 0.2) is 42.5 Å². The Hall–Kier alpha value is -2.56. The SMILES string of the molecule is O=C1NC2(CCCCCCC2)C(=O)N1CCOc1ccc2ccccc2c1. The second-order valence-electron chi connectivity index (χ2n) is 7.59. The highest BCUT2D eigenvalue weighted by atomic mass is 16.5. The zero-order chi connectivity index (χ0) is 18.7. The summed E-state index contributed by atoms with van der Waals surface area (Å²) in [5.41, 5.74) is -0.680. The van der Waals surface area contributed by atoms with Crippen molar-refractivity contribution in [2.24, 2.45) is 0 Å². The summed E-state index contributed by atoms with van der Waals surface area (Å²) in [5.74, 6) is 0.679.